The zero-order valence-corrected chi connectivity index (χ0v) is 14.4. The van der Waals surface area contributed by atoms with Crippen molar-refractivity contribution >= 4 is 0 Å². The van der Waals surface area contributed by atoms with Gasteiger partial charge in [0.25, 0.3) is 0 Å². The molecule has 1 atom stereocenters. The average Bonchev–Trinajstić information content (AvgIpc) is 2.35. The lowest BCUT2D eigenvalue weighted by Gasteiger charge is -2.40. The van der Waals surface area contributed by atoms with Crippen molar-refractivity contribution in [1.82, 2.24) is 10.2 Å². The summed E-state index contributed by atoms with van der Waals surface area (Å²) in [5, 5.41) is 3.51. The number of hydrogen-bond donors (Lipinski definition) is 1. The number of benzene rings is 1. The number of ether oxygens (including phenoxy) is 1. The molecule has 1 fully saturated rings. The van der Waals surface area contributed by atoms with E-state index < -0.39 is 0 Å². The van der Waals surface area contributed by atoms with Crippen LogP contribution in [0.1, 0.15) is 42.1 Å². The van der Waals surface area contributed by atoms with E-state index >= 15 is 0 Å². The average molecular weight is 290 g/mol. The van der Waals surface area contributed by atoms with Gasteiger partial charge in [-0.05, 0) is 58.4 Å². The first-order valence-corrected chi connectivity index (χ1v) is 7.94. The van der Waals surface area contributed by atoms with Crippen LogP contribution < -0.4 is 5.32 Å². The highest BCUT2D eigenvalue weighted by Crippen LogP contribution is 2.26. The Balaban J connectivity index is 2.17. The fraction of sp³-hybridized carbons (Fsp3) is 0.667. The molecule has 118 valence electrons. The molecule has 0 saturated carbocycles. The molecule has 2 rings (SSSR count). The quantitative estimate of drug-likeness (QED) is 0.922. The van der Waals surface area contributed by atoms with E-state index in [-0.39, 0.29) is 5.60 Å². The van der Waals surface area contributed by atoms with Crippen LogP contribution in [0, 0.1) is 20.8 Å². The molecule has 1 aliphatic rings. The molecule has 1 saturated heterocycles. The minimum atomic E-state index is -0.0338. The molecular weight excluding hydrogens is 260 g/mol. The number of morpholine rings is 1. The zero-order chi connectivity index (χ0) is 15.6. The molecule has 1 unspecified atom stereocenters. The summed E-state index contributed by atoms with van der Waals surface area (Å²) >= 11 is 0. The van der Waals surface area contributed by atoms with E-state index in [9.17, 15) is 0 Å². The van der Waals surface area contributed by atoms with Crippen LogP contribution in [-0.4, -0.2) is 43.8 Å². The highest BCUT2D eigenvalue weighted by molar-refractivity contribution is 5.39. The predicted molar refractivity (Wildman–Crippen MR) is 88.9 cm³/mol. The molecule has 0 bridgehead atoms. The summed E-state index contributed by atoms with van der Waals surface area (Å²) in [6, 6.07) is 4.95. The second-order valence-corrected chi connectivity index (χ2v) is 7.00. The highest BCUT2D eigenvalue weighted by atomic mass is 16.5. The van der Waals surface area contributed by atoms with Gasteiger partial charge in [0.2, 0.25) is 0 Å². The maximum Gasteiger partial charge on any atom is 0.0753 e. The highest BCUT2D eigenvalue weighted by Gasteiger charge is 2.29. The van der Waals surface area contributed by atoms with Gasteiger partial charge >= 0.3 is 0 Å². The first-order valence-electron chi connectivity index (χ1n) is 7.94. The van der Waals surface area contributed by atoms with Gasteiger partial charge in [-0.2, -0.15) is 0 Å². The summed E-state index contributed by atoms with van der Waals surface area (Å²) in [6.45, 7) is 14.9. The van der Waals surface area contributed by atoms with E-state index in [1.165, 1.54) is 22.3 Å². The number of aryl methyl sites for hydroxylation is 3. The summed E-state index contributed by atoms with van der Waals surface area (Å²) < 4.78 is 5.82. The Kier molecular flexibility index (Phi) is 5.07. The van der Waals surface area contributed by atoms with Gasteiger partial charge < -0.3 is 10.1 Å². The number of nitrogens with zero attached hydrogens (tertiary/aromatic N) is 1. The maximum absolute atomic E-state index is 5.82. The first-order chi connectivity index (χ1) is 9.82. The van der Waals surface area contributed by atoms with Crippen LogP contribution in [-0.2, 0) is 4.74 Å². The normalized spacial score (nSPS) is 20.5. The first kappa shape index (κ1) is 16.5. The van der Waals surface area contributed by atoms with Gasteiger partial charge in [-0.3, -0.25) is 4.90 Å². The molecule has 3 heteroatoms. The van der Waals surface area contributed by atoms with Crippen molar-refractivity contribution in [3.8, 4) is 0 Å². The van der Waals surface area contributed by atoms with Gasteiger partial charge in [0.05, 0.1) is 12.2 Å². The lowest BCUT2D eigenvalue weighted by atomic mass is 9.93. The monoisotopic (exact) mass is 290 g/mol. The molecule has 0 amide bonds. The van der Waals surface area contributed by atoms with E-state index in [1.54, 1.807) is 0 Å². The van der Waals surface area contributed by atoms with Crippen LogP contribution in [0.5, 0.6) is 0 Å². The number of hydrogen-bond acceptors (Lipinski definition) is 3. The molecule has 1 aromatic rings. The predicted octanol–water partition coefficient (Wildman–Crippen LogP) is 2.98. The smallest absolute Gasteiger partial charge is 0.0753 e. The van der Waals surface area contributed by atoms with Crippen molar-refractivity contribution in [2.45, 2.75) is 46.3 Å². The topological polar surface area (TPSA) is 24.5 Å². The molecule has 1 N–H and O–H groups in total. The fourth-order valence-corrected chi connectivity index (χ4v) is 3.60. The van der Waals surface area contributed by atoms with Gasteiger partial charge in [-0.25, -0.2) is 0 Å². The Morgan fingerprint density at radius 3 is 2.38 bits per heavy atom. The third-order valence-electron chi connectivity index (χ3n) is 4.38. The van der Waals surface area contributed by atoms with E-state index in [0.717, 1.165) is 26.2 Å². The Morgan fingerprint density at radius 2 is 1.86 bits per heavy atom. The maximum atomic E-state index is 5.82. The fourth-order valence-electron chi connectivity index (χ4n) is 3.60. The van der Waals surface area contributed by atoms with Gasteiger partial charge in [0.15, 0.2) is 0 Å². The van der Waals surface area contributed by atoms with Gasteiger partial charge in [-0.15, -0.1) is 0 Å². The molecular formula is C18H30N2O. The van der Waals surface area contributed by atoms with Crippen LogP contribution in [0.15, 0.2) is 12.1 Å². The van der Waals surface area contributed by atoms with Gasteiger partial charge in [0.1, 0.15) is 0 Å². The lowest BCUT2D eigenvalue weighted by molar-refractivity contribution is -0.0875. The van der Waals surface area contributed by atoms with E-state index in [1.807, 2.05) is 0 Å². The van der Waals surface area contributed by atoms with Crippen LogP contribution in [0.3, 0.4) is 0 Å². The zero-order valence-electron chi connectivity index (χ0n) is 14.4. The molecule has 0 aromatic heterocycles. The minimum Gasteiger partial charge on any atom is -0.373 e. The van der Waals surface area contributed by atoms with Gasteiger partial charge in [0, 0.05) is 25.7 Å². The Hall–Kier alpha value is -0.900. The van der Waals surface area contributed by atoms with Crippen LogP contribution in [0.2, 0.25) is 0 Å². The van der Waals surface area contributed by atoms with Crippen LogP contribution in [0.25, 0.3) is 0 Å². The second-order valence-electron chi connectivity index (χ2n) is 7.00. The Morgan fingerprint density at radius 1 is 1.24 bits per heavy atom. The van der Waals surface area contributed by atoms with Crippen LogP contribution in [0.4, 0.5) is 0 Å². The summed E-state index contributed by atoms with van der Waals surface area (Å²) in [7, 11) is 2.06. The molecule has 0 aliphatic carbocycles. The Labute approximate surface area is 129 Å². The minimum absolute atomic E-state index is 0.0338. The molecule has 0 radical (unpaired) electrons. The number of nitrogens with one attached hydrogen (secondary N) is 1. The van der Waals surface area contributed by atoms with Crippen molar-refractivity contribution in [1.29, 1.82) is 0 Å². The summed E-state index contributed by atoms with van der Waals surface area (Å²) in [5.41, 5.74) is 5.54. The largest absolute Gasteiger partial charge is 0.373 e. The SMILES string of the molecule is CNC(CN1CCOC(C)(C)C1)c1c(C)cc(C)cc1C. The van der Waals surface area contributed by atoms with Crippen molar-refractivity contribution in [2.24, 2.45) is 0 Å². The van der Waals surface area contributed by atoms with Crippen LogP contribution >= 0.6 is 0 Å². The number of likely N-dealkylation sites (N-methyl/N-ethyl adjacent to an activating group) is 1. The molecule has 0 spiro atoms. The lowest BCUT2D eigenvalue weighted by Crippen LogP contribution is -2.50. The van der Waals surface area contributed by atoms with E-state index in [0.29, 0.717) is 6.04 Å². The van der Waals surface area contributed by atoms with Crippen molar-refractivity contribution in [2.75, 3.05) is 33.3 Å². The summed E-state index contributed by atoms with van der Waals surface area (Å²) in [5.74, 6) is 0. The van der Waals surface area contributed by atoms with E-state index in [2.05, 4.69) is 64.0 Å². The van der Waals surface area contributed by atoms with Crippen molar-refractivity contribution in [3.63, 3.8) is 0 Å². The molecule has 3 nitrogen and oxygen atoms in total. The molecule has 21 heavy (non-hydrogen) atoms. The molecule has 1 aliphatic heterocycles. The Bertz CT molecular complexity index is 473. The third kappa shape index (κ3) is 4.06. The van der Waals surface area contributed by atoms with Crippen molar-refractivity contribution in [3.05, 3.63) is 34.4 Å². The number of rotatable bonds is 4. The van der Waals surface area contributed by atoms with Gasteiger partial charge in [-0.1, -0.05) is 17.7 Å². The summed E-state index contributed by atoms with van der Waals surface area (Å²) in [6.07, 6.45) is 0. The second kappa shape index (κ2) is 6.47. The molecule has 1 aromatic carbocycles. The third-order valence-corrected chi connectivity index (χ3v) is 4.38. The van der Waals surface area contributed by atoms with E-state index in [4.69, 9.17) is 4.74 Å². The molecule has 1 heterocycles. The standard InChI is InChI=1S/C18H30N2O/c1-13-9-14(2)17(15(3)10-13)16(19-6)11-20-7-8-21-18(4,5)12-20/h9-10,16,19H,7-8,11-12H2,1-6H3. The van der Waals surface area contributed by atoms with Crippen molar-refractivity contribution < 1.29 is 4.74 Å². The summed E-state index contributed by atoms with van der Waals surface area (Å²) in [4.78, 5) is 2.52.